The van der Waals surface area contributed by atoms with Crippen molar-refractivity contribution in [2.75, 3.05) is 19.6 Å². The van der Waals surface area contributed by atoms with Crippen LogP contribution in [0.25, 0.3) is 0 Å². The van der Waals surface area contributed by atoms with Gasteiger partial charge in [-0.2, -0.15) is 0 Å². The van der Waals surface area contributed by atoms with Gasteiger partial charge in [-0.3, -0.25) is 9.69 Å². The Morgan fingerprint density at radius 3 is 2.09 bits per heavy atom. The van der Waals surface area contributed by atoms with Gasteiger partial charge in [0.05, 0.1) is 6.54 Å². The Kier molecular flexibility index (Phi) is 5.80. The third-order valence-electron chi connectivity index (χ3n) is 1.12. The fourth-order valence-corrected chi connectivity index (χ4v) is 0.914. The van der Waals surface area contributed by atoms with Crippen molar-refractivity contribution in [2.45, 2.75) is 0 Å². The number of hydrogen-bond donors (Lipinski definition) is 0. The maximum absolute atomic E-state index is 10.5. The van der Waals surface area contributed by atoms with Crippen LogP contribution in [0.3, 0.4) is 0 Å². The van der Waals surface area contributed by atoms with Crippen LogP contribution >= 0.6 is 11.6 Å². The van der Waals surface area contributed by atoms with E-state index >= 15 is 0 Å². The summed E-state index contributed by atoms with van der Waals surface area (Å²) in [5.74, 6) is 0. The third-order valence-corrected chi connectivity index (χ3v) is 1.24. The average Bonchev–Trinajstić information content (AvgIpc) is 1.87. The third kappa shape index (κ3) is 5.83. The molecule has 0 heterocycles. The Morgan fingerprint density at radius 2 is 1.82 bits per heavy atom. The largest absolute Gasteiger partial charge is 0.288 e. The van der Waals surface area contributed by atoms with E-state index < -0.39 is 0 Å². The summed E-state index contributed by atoms with van der Waals surface area (Å²) in [5.41, 5.74) is 0. The zero-order chi connectivity index (χ0) is 8.69. The van der Waals surface area contributed by atoms with Crippen LogP contribution in [0, 0.1) is 0 Å². The van der Waals surface area contributed by atoms with Crippen LogP contribution in [0.2, 0.25) is 0 Å². The molecule has 0 bridgehead atoms. The monoisotopic (exact) mass is 173 g/mol. The van der Waals surface area contributed by atoms with E-state index in [0.717, 1.165) is 0 Å². The Bertz CT molecular complexity index is 146. The molecule has 0 aliphatic heterocycles. The van der Waals surface area contributed by atoms with Crippen LogP contribution in [0.4, 0.5) is 0 Å². The van der Waals surface area contributed by atoms with Gasteiger partial charge in [0.15, 0.2) is 0 Å². The molecule has 0 aromatic heterocycles. The molecule has 62 valence electrons. The lowest BCUT2D eigenvalue weighted by Crippen LogP contribution is -2.28. The quantitative estimate of drug-likeness (QED) is 0.448. The molecule has 0 radical (unpaired) electrons. The normalized spacial score (nSPS) is 9.64. The first-order valence-electron chi connectivity index (χ1n) is 3.33. The molecule has 0 saturated carbocycles. The van der Waals surface area contributed by atoms with E-state index in [9.17, 15) is 4.79 Å². The van der Waals surface area contributed by atoms with Crippen molar-refractivity contribution in [3.63, 3.8) is 0 Å². The van der Waals surface area contributed by atoms with Gasteiger partial charge in [0, 0.05) is 13.1 Å². The second-order valence-corrected chi connectivity index (χ2v) is 2.55. The molecule has 0 aromatic carbocycles. The molecule has 11 heavy (non-hydrogen) atoms. The molecule has 0 aliphatic rings. The van der Waals surface area contributed by atoms with Gasteiger partial charge < -0.3 is 0 Å². The molecule has 0 amide bonds. The van der Waals surface area contributed by atoms with Gasteiger partial charge >= 0.3 is 0 Å². The predicted octanol–water partition coefficient (Wildman–Crippen LogP) is 1.43. The van der Waals surface area contributed by atoms with Crippen LogP contribution in [0.1, 0.15) is 0 Å². The molecule has 0 unspecified atom stereocenters. The standard InChI is InChI=1S/C8H12ClNO/c1-3-5-10(6-4-2)7-8(9)11/h3-4H,1-2,5-7H2. The number of nitrogens with zero attached hydrogens (tertiary/aromatic N) is 1. The molecule has 3 heteroatoms. The van der Waals surface area contributed by atoms with Crippen molar-refractivity contribution < 1.29 is 4.79 Å². The van der Waals surface area contributed by atoms with E-state index in [-0.39, 0.29) is 11.8 Å². The minimum atomic E-state index is -0.353. The number of rotatable bonds is 6. The van der Waals surface area contributed by atoms with Crippen molar-refractivity contribution in [1.82, 2.24) is 4.90 Å². The van der Waals surface area contributed by atoms with Crippen LogP contribution in [-0.4, -0.2) is 29.8 Å². The SMILES string of the molecule is C=CCN(CC=C)CC(=O)Cl. The number of hydrogen-bond acceptors (Lipinski definition) is 2. The van der Waals surface area contributed by atoms with Gasteiger partial charge in [0.25, 0.3) is 0 Å². The van der Waals surface area contributed by atoms with Gasteiger partial charge in [-0.15, -0.1) is 13.2 Å². The summed E-state index contributed by atoms with van der Waals surface area (Å²) in [4.78, 5) is 12.3. The summed E-state index contributed by atoms with van der Waals surface area (Å²) in [7, 11) is 0. The summed E-state index contributed by atoms with van der Waals surface area (Å²) in [6.45, 7) is 8.68. The molecule has 0 saturated heterocycles. The number of halogens is 1. The first kappa shape index (κ1) is 10.4. The van der Waals surface area contributed by atoms with E-state index in [4.69, 9.17) is 11.6 Å². The number of carbonyl (C=O) groups excluding carboxylic acids is 1. The second kappa shape index (κ2) is 6.13. The maximum atomic E-state index is 10.5. The number of carbonyl (C=O) groups is 1. The molecule has 0 spiro atoms. The molecular weight excluding hydrogens is 162 g/mol. The van der Waals surface area contributed by atoms with Gasteiger partial charge in [0.2, 0.25) is 5.24 Å². The molecule has 0 aliphatic carbocycles. The first-order chi connectivity index (χ1) is 5.20. The van der Waals surface area contributed by atoms with Gasteiger partial charge in [-0.1, -0.05) is 12.2 Å². The second-order valence-electron chi connectivity index (χ2n) is 2.13. The summed E-state index contributed by atoms with van der Waals surface area (Å²) < 4.78 is 0. The molecule has 2 nitrogen and oxygen atoms in total. The minimum Gasteiger partial charge on any atom is -0.288 e. The van der Waals surface area contributed by atoms with E-state index in [2.05, 4.69) is 13.2 Å². The Labute approximate surface area is 72.1 Å². The molecule has 0 N–H and O–H groups in total. The van der Waals surface area contributed by atoms with Crippen molar-refractivity contribution >= 4 is 16.8 Å². The Morgan fingerprint density at radius 1 is 1.36 bits per heavy atom. The molecular formula is C8H12ClNO. The highest BCUT2D eigenvalue weighted by molar-refractivity contribution is 6.64. The molecule has 0 rings (SSSR count). The highest BCUT2D eigenvalue weighted by Crippen LogP contribution is 1.91. The molecule has 0 atom stereocenters. The lowest BCUT2D eigenvalue weighted by molar-refractivity contribution is -0.112. The fourth-order valence-electron chi connectivity index (χ4n) is 0.745. The Hall–Kier alpha value is -0.600. The first-order valence-corrected chi connectivity index (χ1v) is 3.71. The van der Waals surface area contributed by atoms with Crippen LogP contribution in [0.5, 0.6) is 0 Å². The van der Waals surface area contributed by atoms with E-state index in [1.807, 2.05) is 4.90 Å². The Balaban J connectivity index is 3.76. The van der Waals surface area contributed by atoms with E-state index in [1.165, 1.54) is 0 Å². The smallest absolute Gasteiger partial charge is 0.235 e. The van der Waals surface area contributed by atoms with Crippen molar-refractivity contribution in [3.8, 4) is 0 Å². The minimum absolute atomic E-state index is 0.250. The summed E-state index contributed by atoms with van der Waals surface area (Å²) in [6, 6.07) is 0. The molecule has 0 aromatic rings. The van der Waals surface area contributed by atoms with Crippen LogP contribution in [0.15, 0.2) is 25.3 Å². The predicted molar refractivity (Wildman–Crippen MR) is 47.7 cm³/mol. The lowest BCUT2D eigenvalue weighted by atomic mass is 10.4. The maximum Gasteiger partial charge on any atom is 0.235 e. The highest BCUT2D eigenvalue weighted by Gasteiger charge is 2.03. The summed E-state index contributed by atoms with van der Waals surface area (Å²) in [5, 5.41) is -0.353. The van der Waals surface area contributed by atoms with Gasteiger partial charge in [0.1, 0.15) is 0 Å². The van der Waals surface area contributed by atoms with Gasteiger partial charge in [-0.05, 0) is 11.6 Å². The zero-order valence-electron chi connectivity index (χ0n) is 6.42. The summed E-state index contributed by atoms with van der Waals surface area (Å²) in [6.07, 6.45) is 3.45. The molecule has 0 fully saturated rings. The topological polar surface area (TPSA) is 20.3 Å². The van der Waals surface area contributed by atoms with Crippen molar-refractivity contribution in [1.29, 1.82) is 0 Å². The van der Waals surface area contributed by atoms with Crippen molar-refractivity contribution in [3.05, 3.63) is 25.3 Å². The average molecular weight is 174 g/mol. The fraction of sp³-hybridized carbons (Fsp3) is 0.375. The van der Waals surface area contributed by atoms with Crippen molar-refractivity contribution in [2.24, 2.45) is 0 Å². The zero-order valence-corrected chi connectivity index (χ0v) is 7.18. The van der Waals surface area contributed by atoms with Crippen LogP contribution < -0.4 is 0 Å². The summed E-state index contributed by atoms with van der Waals surface area (Å²) >= 11 is 5.19. The highest BCUT2D eigenvalue weighted by atomic mass is 35.5. The lowest BCUT2D eigenvalue weighted by Gasteiger charge is -2.15. The van der Waals surface area contributed by atoms with E-state index in [0.29, 0.717) is 13.1 Å². The van der Waals surface area contributed by atoms with E-state index in [1.54, 1.807) is 12.2 Å². The van der Waals surface area contributed by atoms with Gasteiger partial charge in [-0.25, -0.2) is 0 Å². The van der Waals surface area contributed by atoms with Crippen LogP contribution in [-0.2, 0) is 4.79 Å².